The number of thioether (sulfide) groups is 1. The van der Waals surface area contributed by atoms with Crippen molar-refractivity contribution < 1.29 is 9.21 Å². The van der Waals surface area contributed by atoms with Crippen LogP contribution in [-0.2, 0) is 17.6 Å². The standard InChI is InChI=1S/C23H25N3O2S/c1-16(17-8-3-2-4-9-17)14-22-25-26-23(28-22)29-15-21(27)24-20-13-7-11-18-10-5-6-12-19(18)20/h2-6,8-10,12,16,20H,7,11,13-15H2,1H3,(H,24,27). The van der Waals surface area contributed by atoms with Crippen molar-refractivity contribution in [2.45, 2.75) is 49.8 Å². The summed E-state index contributed by atoms with van der Waals surface area (Å²) in [5.41, 5.74) is 3.82. The summed E-state index contributed by atoms with van der Waals surface area (Å²) in [5.74, 6) is 1.16. The van der Waals surface area contributed by atoms with Gasteiger partial charge in [-0.3, -0.25) is 4.79 Å². The predicted molar refractivity (Wildman–Crippen MR) is 114 cm³/mol. The van der Waals surface area contributed by atoms with E-state index in [2.05, 4.69) is 52.8 Å². The summed E-state index contributed by atoms with van der Waals surface area (Å²) in [6.45, 7) is 2.14. The van der Waals surface area contributed by atoms with Gasteiger partial charge >= 0.3 is 0 Å². The molecule has 0 spiro atoms. The van der Waals surface area contributed by atoms with Crippen LogP contribution in [0.4, 0.5) is 0 Å². The summed E-state index contributed by atoms with van der Waals surface area (Å²) in [6.07, 6.45) is 3.85. The first-order valence-corrected chi connectivity index (χ1v) is 11.0. The first-order chi connectivity index (χ1) is 14.2. The Kier molecular flexibility index (Phi) is 6.30. The summed E-state index contributed by atoms with van der Waals surface area (Å²) < 4.78 is 5.73. The molecule has 150 valence electrons. The first-order valence-electron chi connectivity index (χ1n) is 10.1. The fraction of sp³-hybridized carbons (Fsp3) is 0.348. The molecule has 1 N–H and O–H groups in total. The van der Waals surface area contributed by atoms with Crippen molar-refractivity contribution in [3.05, 3.63) is 77.2 Å². The Bertz CT molecular complexity index is 958. The highest BCUT2D eigenvalue weighted by atomic mass is 32.2. The second-order valence-electron chi connectivity index (χ2n) is 7.48. The average molecular weight is 408 g/mol. The van der Waals surface area contributed by atoms with Crippen LogP contribution in [0.2, 0.25) is 0 Å². The van der Waals surface area contributed by atoms with Crippen molar-refractivity contribution in [1.82, 2.24) is 15.5 Å². The number of fused-ring (bicyclic) bond motifs is 1. The number of carbonyl (C=O) groups is 1. The van der Waals surface area contributed by atoms with Crippen LogP contribution in [0.5, 0.6) is 0 Å². The lowest BCUT2D eigenvalue weighted by Crippen LogP contribution is -2.32. The van der Waals surface area contributed by atoms with E-state index in [1.807, 2.05) is 24.3 Å². The molecule has 6 heteroatoms. The van der Waals surface area contributed by atoms with Crippen molar-refractivity contribution in [2.24, 2.45) is 0 Å². The molecule has 1 aromatic heterocycles. The minimum Gasteiger partial charge on any atom is -0.416 e. The van der Waals surface area contributed by atoms with E-state index in [1.165, 1.54) is 28.5 Å². The fourth-order valence-electron chi connectivity index (χ4n) is 3.81. The molecule has 1 aliphatic carbocycles. The fourth-order valence-corrected chi connectivity index (χ4v) is 4.40. The van der Waals surface area contributed by atoms with Crippen LogP contribution in [-0.4, -0.2) is 21.9 Å². The molecule has 3 aromatic rings. The molecule has 1 aliphatic rings. The third kappa shape index (κ3) is 5.07. The molecule has 2 atom stereocenters. The maximum atomic E-state index is 12.4. The topological polar surface area (TPSA) is 68.0 Å². The normalized spacial score (nSPS) is 16.8. The van der Waals surface area contributed by atoms with Gasteiger partial charge in [-0.2, -0.15) is 0 Å². The molecule has 2 unspecified atom stereocenters. The Morgan fingerprint density at radius 2 is 1.97 bits per heavy atom. The van der Waals surface area contributed by atoms with Gasteiger partial charge in [0.1, 0.15) is 0 Å². The van der Waals surface area contributed by atoms with Crippen molar-refractivity contribution in [2.75, 3.05) is 5.75 Å². The number of nitrogens with one attached hydrogen (secondary N) is 1. The van der Waals surface area contributed by atoms with Crippen molar-refractivity contribution in [1.29, 1.82) is 0 Å². The van der Waals surface area contributed by atoms with Gasteiger partial charge in [0.15, 0.2) is 0 Å². The first kappa shape index (κ1) is 19.7. The zero-order valence-electron chi connectivity index (χ0n) is 16.5. The zero-order chi connectivity index (χ0) is 20.1. The summed E-state index contributed by atoms with van der Waals surface area (Å²) in [6, 6.07) is 18.7. The van der Waals surface area contributed by atoms with Gasteiger partial charge in [0.05, 0.1) is 11.8 Å². The second-order valence-corrected chi connectivity index (χ2v) is 8.40. The number of hydrogen-bond donors (Lipinski definition) is 1. The van der Waals surface area contributed by atoms with Crippen LogP contribution >= 0.6 is 11.8 Å². The Morgan fingerprint density at radius 1 is 1.17 bits per heavy atom. The van der Waals surface area contributed by atoms with E-state index < -0.39 is 0 Å². The molecule has 4 rings (SSSR count). The van der Waals surface area contributed by atoms with E-state index >= 15 is 0 Å². The van der Waals surface area contributed by atoms with Crippen molar-refractivity contribution in [3.63, 3.8) is 0 Å². The monoisotopic (exact) mass is 407 g/mol. The van der Waals surface area contributed by atoms with Gasteiger partial charge in [0.2, 0.25) is 11.8 Å². The number of benzene rings is 2. The molecule has 1 amide bonds. The van der Waals surface area contributed by atoms with E-state index in [9.17, 15) is 4.79 Å². The molecule has 1 heterocycles. The number of rotatable bonds is 7. The Morgan fingerprint density at radius 3 is 2.83 bits per heavy atom. The molecule has 0 bridgehead atoms. The summed E-state index contributed by atoms with van der Waals surface area (Å²) >= 11 is 1.29. The number of amides is 1. The highest BCUT2D eigenvalue weighted by molar-refractivity contribution is 7.99. The van der Waals surface area contributed by atoms with Gasteiger partial charge in [-0.25, -0.2) is 0 Å². The Hall–Kier alpha value is -2.60. The Labute approximate surface area is 175 Å². The van der Waals surface area contributed by atoms with E-state index in [0.717, 1.165) is 19.3 Å². The lowest BCUT2D eigenvalue weighted by Gasteiger charge is -2.26. The smallest absolute Gasteiger partial charge is 0.277 e. The predicted octanol–water partition coefficient (Wildman–Crippen LogP) is 4.70. The van der Waals surface area contributed by atoms with Crippen molar-refractivity contribution in [3.8, 4) is 0 Å². The maximum absolute atomic E-state index is 12.4. The summed E-state index contributed by atoms with van der Waals surface area (Å²) in [5, 5.41) is 11.8. The number of aryl methyl sites for hydroxylation is 1. The zero-order valence-corrected chi connectivity index (χ0v) is 17.3. The molecule has 0 fully saturated rings. The van der Waals surface area contributed by atoms with E-state index in [-0.39, 0.29) is 17.7 Å². The largest absolute Gasteiger partial charge is 0.416 e. The highest BCUT2D eigenvalue weighted by Crippen LogP contribution is 2.29. The van der Waals surface area contributed by atoms with E-state index in [0.29, 0.717) is 23.5 Å². The SMILES string of the molecule is CC(Cc1nnc(SCC(=O)NC2CCCc3ccccc32)o1)c1ccccc1. The minimum absolute atomic E-state index is 0.00546. The minimum atomic E-state index is -0.00546. The molecule has 5 nitrogen and oxygen atoms in total. The summed E-state index contributed by atoms with van der Waals surface area (Å²) in [7, 11) is 0. The van der Waals surface area contributed by atoms with Crippen LogP contribution in [0.3, 0.4) is 0 Å². The molecular formula is C23H25N3O2S. The Balaban J connectivity index is 1.28. The molecule has 0 radical (unpaired) electrons. The number of carbonyl (C=O) groups excluding carboxylic acids is 1. The lowest BCUT2D eigenvalue weighted by molar-refractivity contribution is -0.119. The second kappa shape index (κ2) is 9.27. The third-order valence-electron chi connectivity index (χ3n) is 5.33. The van der Waals surface area contributed by atoms with Crippen LogP contribution in [0, 0.1) is 0 Å². The van der Waals surface area contributed by atoms with Crippen LogP contribution in [0.1, 0.15) is 54.3 Å². The molecule has 2 aromatic carbocycles. The number of nitrogens with zero attached hydrogens (tertiary/aromatic N) is 2. The highest BCUT2D eigenvalue weighted by Gasteiger charge is 2.21. The maximum Gasteiger partial charge on any atom is 0.277 e. The van der Waals surface area contributed by atoms with E-state index in [1.54, 1.807) is 0 Å². The lowest BCUT2D eigenvalue weighted by atomic mass is 9.88. The molecule has 0 saturated heterocycles. The van der Waals surface area contributed by atoms with Gasteiger partial charge in [-0.05, 0) is 41.9 Å². The quantitative estimate of drug-likeness (QED) is 0.575. The average Bonchev–Trinajstić information content (AvgIpc) is 3.20. The third-order valence-corrected chi connectivity index (χ3v) is 6.15. The van der Waals surface area contributed by atoms with E-state index in [4.69, 9.17) is 4.42 Å². The number of aromatic nitrogens is 2. The van der Waals surface area contributed by atoms with Gasteiger partial charge in [0.25, 0.3) is 5.22 Å². The summed E-state index contributed by atoms with van der Waals surface area (Å²) in [4.78, 5) is 12.4. The molecule has 0 saturated carbocycles. The molecular weight excluding hydrogens is 382 g/mol. The van der Waals surface area contributed by atoms with Gasteiger partial charge < -0.3 is 9.73 Å². The van der Waals surface area contributed by atoms with Crippen molar-refractivity contribution >= 4 is 17.7 Å². The van der Waals surface area contributed by atoms with Gasteiger partial charge in [0, 0.05) is 6.42 Å². The molecule has 29 heavy (non-hydrogen) atoms. The van der Waals surface area contributed by atoms with Gasteiger partial charge in [-0.1, -0.05) is 73.3 Å². The molecule has 0 aliphatic heterocycles. The van der Waals surface area contributed by atoms with Crippen LogP contribution in [0.15, 0.2) is 64.2 Å². The van der Waals surface area contributed by atoms with Crippen LogP contribution < -0.4 is 5.32 Å². The van der Waals surface area contributed by atoms with Gasteiger partial charge in [-0.15, -0.1) is 10.2 Å². The van der Waals surface area contributed by atoms with Crippen LogP contribution in [0.25, 0.3) is 0 Å². The number of hydrogen-bond acceptors (Lipinski definition) is 5.